The van der Waals surface area contributed by atoms with E-state index < -0.39 is 4.92 Å². The van der Waals surface area contributed by atoms with Gasteiger partial charge in [-0.1, -0.05) is 30.3 Å². The van der Waals surface area contributed by atoms with Crippen LogP contribution in [0.4, 0.5) is 5.69 Å². The van der Waals surface area contributed by atoms with Gasteiger partial charge in [0.25, 0.3) is 5.69 Å². The predicted molar refractivity (Wildman–Crippen MR) is 68.1 cm³/mol. The Kier molecular flexibility index (Phi) is 3.68. The van der Waals surface area contributed by atoms with E-state index in [9.17, 15) is 10.1 Å². The van der Waals surface area contributed by atoms with E-state index in [-0.39, 0.29) is 14.5 Å². The Bertz CT molecular complexity index is 499. The standard InChI is InChI=1S/C12H10NO3P/c14-13(15)10-6-8-11(9-7-10)16-17-12-4-2-1-3-5-12/h1-9,17H. The number of hydrogen-bond donors (Lipinski definition) is 0. The summed E-state index contributed by atoms with van der Waals surface area (Å²) in [4.78, 5) is 10.0. The molecule has 0 aliphatic rings. The maximum atomic E-state index is 10.5. The zero-order valence-corrected chi connectivity index (χ0v) is 9.87. The second kappa shape index (κ2) is 5.41. The van der Waals surface area contributed by atoms with Gasteiger partial charge in [-0.05, 0) is 12.1 Å². The third-order valence-corrected chi connectivity index (χ3v) is 3.01. The minimum Gasteiger partial charge on any atom is -0.472 e. The lowest BCUT2D eigenvalue weighted by Gasteiger charge is -2.04. The summed E-state index contributed by atoms with van der Waals surface area (Å²) >= 11 is 0. The number of nitro groups is 1. The van der Waals surface area contributed by atoms with Crippen LogP contribution in [0.25, 0.3) is 0 Å². The van der Waals surface area contributed by atoms with Gasteiger partial charge in [0.15, 0.2) is 0 Å². The van der Waals surface area contributed by atoms with E-state index >= 15 is 0 Å². The molecule has 1 atom stereocenters. The molecule has 2 aromatic carbocycles. The molecule has 0 heterocycles. The summed E-state index contributed by atoms with van der Waals surface area (Å²) in [5.74, 6) is 0.637. The normalized spacial score (nSPS) is 10.6. The van der Waals surface area contributed by atoms with Gasteiger partial charge in [-0.15, -0.1) is 0 Å². The molecule has 5 heteroatoms. The first-order chi connectivity index (χ1) is 8.25. The van der Waals surface area contributed by atoms with Crippen LogP contribution in [0.15, 0.2) is 54.6 Å². The number of benzene rings is 2. The Labute approximate surface area is 100 Å². The summed E-state index contributed by atoms with van der Waals surface area (Å²) in [5.41, 5.74) is 0.0698. The molecule has 0 radical (unpaired) electrons. The van der Waals surface area contributed by atoms with Crippen LogP contribution in [-0.2, 0) is 0 Å². The van der Waals surface area contributed by atoms with Gasteiger partial charge in [-0.25, -0.2) is 0 Å². The highest BCUT2D eigenvalue weighted by molar-refractivity contribution is 7.42. The van der Waals surface area contributed by atoms with Crippen LogP contribution >= 0.6 is 8.81 Å². The maximum absolute atomic E-state index is 10.5. The molecule has 0 aliphatic carbocycles. The highest BCUT2D eigenvalue weighted by Crippen LogP contribution is 2.23. The molecule has 0 aliphatic heterocycles. The molecule has 0 spiro atoms. The fourth-order valence-electron chi connectivity index (χ4n) is 1.26. The second-order valence-corrected chi connectivity index (χ2v) is 4.31. The van der Waals surface area contributed by atoms with E-state index in [4.69, 9.17) is 4.52 Å². The summed E-state index contributed by atoms with van der Waals surface area (Å²) < 4.78 is 5.53. The molecule has 0 bridgehead atoms. The van der Waals surface area contributed by atoms with Crippen LogP contribution in [0.3, 0.4) is 0 Å². The van der Waals surface area contributed by atoms with Crippen LogP contribution in [0, 0.1) is 10.1 Å². The van der Waals surface area contributed by atoms with Crippen molar-refractivity contribution in [3.05, 3.63) is 64.7 Å². The summed E-state index contributed by atoms with van der Waals surface area (Å²) in [6.45, 7) is 0. The minimum absolute atomic E-state index is 0.0698. The molecule has 4 nitrogen and oxygen atoms in total. The van der Waals surface area contributed by atoms with E-state index in [1.54, 1.807) is 12.1 Å². The van der Waals surface area contributed by atoms with Gasteiger partial charge in [0, 0.05) is 17.4 Å². The Morgan fingerprint density at radius 3 is 2.24 bits per heavy atom. The first kappa shape index (κ1) is 11.6. The fraction of sp³-hybridized carbons (Fsp3) is 0. The smallest absolute Gasteiger partial charge is 0.269 e. The SMILES string of the molecule is O=[N+]([O-])c1ccc(OPc2ccccc2)cc1. The molecule has 17 heavy (non-hydrogen) atoms. The number of nitro benzene ring substituents is 1. The van der Waals surface area contributed by atoms with Gasteiger partial charge < -0.3 is 4.52 Å². The average Bonchev–Trinajstić information content (AvgIpc) is 2.38. The highest BCUT2D eigenvalue weighted by Gasteiger charge is 2.04. The zero-order valence-electron chi connectivity index (χ0n) is 8.87. The Hall–Kier alpha value is -1.93. The average molecular weight is 247 g/mol. The lowest BCUT2D eigenvalue weighted by atomic mass is 10.3. The van der Waals surface area contributed by atoms with Gasteiger partial charge in [0.2, 0.25) is 0 Å². The lowest BCUT2D eigenvalue weighted by Crippen LogP contribution is -1.94. The predicted octanol–water partition coefficient (Wildman–Crippen LogP) is 2.89. The van der Waals surface area contributed by atoms with Crippen molar-refractivity contribution in [3.63, 3.8) is 0 Å². The van der Waals surface area contributed by atoms with Gasteiger partial charge in [-0.2, -0.15) is 0 Å². The Morgan fingerprint density at radius 2 is 1.65 bits per heavy atom. The summed E-state index contributed by atoms with van der Waals surface area (Å²) in [6, 6.07) is 15.9. The first-order valence-electron chi connectivity index (χ1n) is 4.98. The second-order valence-electron chi connectivity index (χ2n) is 3.32. The molecule has 2 rings (SSSR count). The molecule has 1 unspecified atom stereocenters. The minimum atomic E-state index is -0.427. The molecule has 0 saturated carbocycles. The van der Waals surface area contributed by atoms with Crippen LogP contribution in [0.5, 0.6) is 5.75 Å². The van der Waals surface area contributed by atoms with Crippen molar-refractivity contribution < 1.29 is 9.45 Å². The van der Waals surface area contributed by atoms with E-state index in [0.29, 0.717) is 5.75 Å². The van der Waals surface area contributed by atoms with Gasteiger partial charge in [-0.3, -0.25) is 10.1 Å². The number of nitrogens with zero attached hydrogens (tertiary/aromatic N) is 1. The molecule has 0 saturated heterocycles. The van der Waals surface area contributed by atoms with Gasteiger partial charge in [0.05, 0.1) is 4.92 Å². The Balaban J connectivity index is 1.98. The van der Waals surface area contributed by atoms with Crippen molar-refractivity contribution in [2.75, 3.05) is 0 Å². The van der Waals surface area contributed by atoms with Crippen LogP contribution in [-0.4, -0.2) is 4.92 Å². The number of non-ortho nitro benzene ring substituents is 1. The third kappa shape index (κ3) is 3.26. The molecule has 0 fully saturated rings. The van der Waals surface area contributed by atoms with E-state index in [1.165, 1.54) is 12.1 Å². The van der Waals surface area contributed by atoms with Crippen molar-refractivity contribution in [1.82, 2.24) is 0 Å². The maximum Gasteiger partial charge on any atom is 0.269 e. The summed E-state index contributed by atoms with van der Waals surface area (Å²) in [7, 11) is 0.203. The topological polar surface area (TPSA) is 52.4 Å². The number of rotatable bonds is 4. The molecule has 0 N–H and O–H groups in total. The van der Waals surface area contributed by atoms with Crippen LogP contribution < -0.4 is 9.83 Å². The molecule has 2 aromatic rings. The van der Waals surface area contributed by atoms with Crippen molar-refractivity contribution in [2.24, 2.45) is 0 Å². The first-order valence-corrected chi connectivity index (χ1v) is 5.89. The van der Waals surface area contributed by atoms with Crippen molar-refractivity contribution in [2.45, 2.75) is 0 Å². The van der Waals surface area contributed by atoms with Crippen LogP contribution in [0.2, 0.25) is 0 Å². The van der Waals surface area contributed by atoms with Crippen molar-refractivity contribution in [3.8, 4) is 5.75 Å². The number of hydrogen-bond acceptors (Lipinski definition) is 3. The van der Waals surface area contributed by atoms with E-state index in [2.05, 4.69) is 0 Å². The molecular weight excluding hydrogens is 237 g/mol. The van der Waals surface area contributed by atoms with E-state index in [1.807, 2.05) is 30.3 Å². The Morgan fingerprint density at radius 1 is 1.00 bits per heavy atom. The van der Waals surface area contributed by atoms with Gasteiger partial charge >= 0.3 is 0 Å². The van der Waals surface area contributed by atoms with E-state index in [0.717, 1.165) is 5.30 Å². The largest absolute Gasteiger partial charge is 0.472 e. The van der Waals surface area contributed by atoms with Crippen LogP contribution in [0.1, 0.15) is 0 Å². The fourth-order valence-corrected chi connectivity index (χ4v) is 1.96. The monoisotopic (exact) mass is 247 g/mol. The van der Waals surface area contributed by atoms with Crippen molar-refractivity contribution in [1.29, 1.82) is 0 Å². The summed E-state index contributed by atoms with van der Waals surface area (Å²) in [5, 5.41) is 11.5. The van der Waals surface area contributed by atoms with Gasteiger partial charge in [0.1, 0.15) is 14.6 Å². The molecular formula is C12H10NO3P. The quantitative estimate of drug-likeness (QED) is 0.474. The zero-order chi connectivity index (χ0) is 12.1. The lowest BCUT2D eigenvalue weighted by molar-refractivity contribution is -0.384. The molecule has 0 aromatic heterocycles. The molecule has 0 amide bonds. The summed E-state index contributed by atoms with van der Waals surface area (Å²) in [6.07, 6.45) is 0. The third-order valence-electron chi connectivity index (χ3n) is 2.11. The van der Waals surface area contributed by atoms with Crippen molar-refractivity contribution >= 4 is 19.8 Å². The highest BCUT2D eigenvalue weighted by atomic mass is 31.1. The molecule has 86 valence electrons.